The molecule has 2 heterocycles. The molecule has 2 fully saturated rings. The van der Waals surface area contributed by atoms with Crippen molar-refractivity contribution in [1.29, 1.82) is 0 Å². The van der Waals surface area contributed by atoms with E-state index < -0.39 is 22.8 Å². The summed E-state index contributed by atoms with van der Waals surface area (Å²) in [6.45, 7) is 3.74. The van der Waals surface area contributed by atoms with E-state index in [1.165, 1.54) is 0 Å². The first-order valence-electron chi connectivity index (χ1n) is 8.74. The van der Waals surface area contributed by atoms with Gasteiger partial charge in [-0.25, -0.2) is 4.79 Å². The number of aromatic carboxylic acids is 1. The Labute approximate surface area is 162 Å². The van der Waals surface area contributed by atoms with Crippen molar-refractivity contribution in [2.75, 3.05) is 18.0 Å². The second-order valence-corrected chi connectivity index (χ2v) is 7.05. The van der Waals surface area contributed by atoms with Gasteiger partial charge in [0.2, 0.25) is 0 Å². The third kappa shape index (κ3) is 3.07. The first-order chi connectivity index (χ1) is 12.4. The van der Waals surface area contributed by atoms with Crippen LogP contribution in [0.15, 0.2) is 29.1 Å². The van der Waals surface area contributed by atoms with E-state index in [9.17, 15) is 14.7 Å². The molecule has 2 aromatic rings. The van der Waals surface area contributed by atoms with Crippen LogP contribution in [0.5, 0.6) is 5.75 Å². The van der Waals surface area contributed by atoms with E-state index in [0.717, 1.165) is 24.3 Å². The minimum atomic E-state index is -1.44. The summed E-state index contributed by atoms with van der Waals surface area (Å²) in [5, 5.41) is 19.4. The second kappa shape index (κ2) is 6.90. The molecule has 0 amide bonds. The fourth-order valence-corrected chi connectivity index (χ4v) is 4.04. The maximum Gasteiger partial charge on any atom is 0.345 e. The number of hydrogen-bond acceptors (Lipinski definition) is 5. The van der Waals surface area contributed by atoms with E-state index in [0.29, 0.717) is 35.6 Å². The Kier molecular flexibility index (Phi) is 4.92. The summed E-state index contributed by atoms with van der Waals surface area (Å²) in [4.78, 5) is 28.2. The highest BCUT2D eigenvalue weighted by molar-refractivity contribution is 5.92. The number of carboxylic acid groups (broad SMARTS) is 1. The van der Waals surface area contributed by atoms with Crippen molar-refractivity contribution in [2.45, 2.75) is 19.4 Å². The Morgan fingerprint density at radius 3 is 2.37 bits per heavy atom. The number of anilines is 1. The van der Waals surface area contributed by atoms with E-state index in [4.69, 9.17) is 10.8 Å². The molecule has 1 aliphatic heterocycles. The summed E-state index contributed by atoms with van der Waals surface area (Å²) < 4.78 is 0. The van der Waals surface area contributed by atoms with Gasteiger partial charge < -0.3 is 25.8 Å². The average Bonchev–Trinajstić information content (AvgIpc) is 3.03. The number of H-pyrrole nitrogens is 1. The molecule has 2 aliphatic rings. The molecule has 1 aliphatic carbocycles. The molecule has 8 heteroatoms. The van der Waals surface area contributed by atoms with Gasteiger partial charge in [0, 0.05) is 30.4 Å². The number of aromatic amines is 1. The van der Waals surface area contributed by atoms with Crippen LogP contribution in [0.3, 0.4) is 0 Å². The Bertz CT molecular complexity index is 929. The van der Waals surface area contributed by atoms with E-state index >= 15 is 0 Å². The van der Waals surface area contributed by atoms with Gasteiger partial charge in [-0.3, -0.25) is 4.79 Å². The smallest absolute Gasteiger partial charge is 0.345 e. The van der Waals surface area contributed by atoms with Crippen LogP contribution in [0.4, 0.5) is 5.69 Å². The predicted octanol–water partition coefficient (Wildman–Crippen LogP) is 1.82. The lowest BCUT2D eigenvalue weighted by Gasteiger charge is -2.21. The number of aromatic hydroxyl groups is 1. The molecule has 7 nitrogen and oxygen atoms in total. The number of fused-ring (bicyclic) bond motifs is 1. The second-order valence-electron chi connectivity index (χ2n) is 7.05. The Balaban J connectivity index is 0.00000210. The minimum Gasteiger partial charge on any atom is -0.506 e. The quantitative estimate of drug-likeness (QED) is 0.631. The Hall–Kier alpha value is -2.51. The zero-order valence-electron chi connectivity index (χ0n) is 14.8. The van der Waals surface area contributed by atoms with Gasteiger partial charge in [0.1, 0.15) is 5.75 Å². The monoisotopic (exact) mass is 391 g/mol. The Morgan fingerprint density at radius 1 is 1.26 bits per heavy atom. The molecule has 0 spiro atoms. The molecule has 27 heavy (non-hydrogen) atoms. The van der Waals surface area contributed by atoms with Gasteiger partial charge >= 0.3 is 5.97 Å². The lowest BCUT2D eigenvalue weighted by molar-refractivity contribution is 0.0691. The topological polar surface area (TPSA) is 120 Å². The lowest BCUT2D eigenvalue weighted by Crippen LogP contribution is -2.27. The van der Waals surface area contributed by atoms with Crippen LogP contribution in [0, 0.1) is 11.8 Å². The molecule has 144 valence electrons. The summed E-state index contributed by atoms with van der Waals surface area (Å²) in [7, 11) is 0. The van der Waals surface area contributed by atoms with Crippen LogP contribution in [0.2, 0.25) is 0 Å². The highest BCUT2D eigenvalue weighted by Crippen LogP contribution is 2.45. The highest BCUT2D eigenvalue weighted by Gasteiger charge is 2.53. The number of pyridine rings is 1. The lowest BCUT2D eigenvalue weighted by atomic mass is 10.0. The third-order valence-corrected chi connectivity index (χ3v) is 5.64. The molecule has 0 unspecified atom stereocenters. The fourth-order valence-electron chi connectivity index (χ4n) is 4.04. The maximum atomic E-state index is 12.1. The molecule has 1 aromatic carbocycles. The molecule has 0 radical (unpaired) electrons. The molecule has 0 bridgehead atoms. The van der Waals surface area contributed by atoms with Crippen LogP contribution in [-0.2, 0) is 6.42 Å². The number of carboxylic acids is 1. The summed E-state index contributed by atoms with van der Waals surface area (Å²) in [5.74, 6) is -0.709. The highest BCUT2D eigenvalue weighted by atomic mass is 35.5. The molecule has 3 atom stereocenters. The molecular formula is C19H22ClN3O4. The average molecular weight is 392 g/mol. The van der Waals surface area contributed by atoms with Crippen LogP contribution < -0.4 is 16.2 Å². The molecule has 1 aromatic heterocycles. The number of nitrogens with zero attached hydrogens (tertiary/aromatic N) is 1. The summed E-state index contributed by atoms with van der Waals surface area (Å²) in [6.07, 6.45) is 0.396. The number of nitrogens with one attached hydrogen (secondary N) is 1. The van der Waals surface area contributed by atoms with Crippen molar-refractivity contribution in [1.82, 2.24) is 4.98 Å². The van der Waals surface area contributed by atoms with Crippen molar-refractivity contribution >= 4 is 24.1 Å². The molecule has 1 saturated heterocycles. The number of piperidine rings is 1. The minimum absolute atomic E-state index is 0. The Morgan fingerprint density at radius 2 is 1.85 bits per heavy atom. The molecular weight excluding hydrogens is 370 g/mol. The zero-order chi connectivity index (χ0) is 18.6. The van der Waals surface area contributed by atoms with Crippen LogP contribution in [0.25, 0.3) is 11.3 Å². The zero-order valence-corrected chi connectivity index (χ0v) is 15.6. The van der Waals surface area contributed by atoms with Gasteiger partial charge in [-0.1, -0.05) is 19.1 Å². The number of aromatic nitrogens is 1. The van der Waals surface area contributed by atoms with Gasteiger partial charge in [0.15, 0.2) is 5.56 Å². The van der Waals surface area contributed by atoms with Crippen molar-refractivity contribution in [3.8, 4) is 17.0 Å². The van der Waals surface area contributed by atoms with Gasteiger partial charge in [-0.2, -0.15) is 0 Å². The maximum absolute atomic E-state index is 12.1. The van der Waals surface area contributed by atoms with Crippen molar-refractivity contribution in [3.63, 3.8) is 0 Å². The van der Waals surface area contributed by atoms with E-state index in [1.807, 2.05) is 24.3 Å². The summed E-state index contributed by atoms with van der Waals surface area (Å²) >= 11 is 0. The summed E-state index contributed by atoms with van der Waals surface area (Å²) in [5.41, 5.74) is 7.26. The number of rotatable bonds is 4. The molecule has 5 N–H and O–H groups in total. The predicted molar refractivity (Wildman–Crippen MR) is 105 cm³/mol. The number of halogens is 1. The van der Waals surface area contributed by atoms with Gasteiger partial charge in [0.05, 0.1) is 5.69 Å². The van der Waals surface area contributed by atoms with Crippen molar-refractivity contribution in [3.05, 3.63) is 45.7 Å². The van der Waals surface area contributed by atoms with Crippen molar-refractivity contribution < 1.29 is 15.0 Å². The fraction of sp³-hybridized carbons (Fsp3) is 0.368. The molecule has 4 rings (SSSR count). The van der Waals surface area contributed by atoms with Gasteiger partial charge in [-0.15, -0.1) is 12.4 Å². The number of carbonyl (C=O) groups is 1. The molecule has 1 saturated carbocycles. The van der Waals surface area contributed by atoms with E-state index in [2.05, 4.69) is 9.88 Å². The largest absolute Gasteiger partial charge is 0.506 e. The van der Waals surface area contributed by atoms with E-state index in [-0.39, 0.29) is 12.4 Å². The third-order valence-electron chi connectivity index (χ3n) is 5.64. The van der Waals surface area contributed by atoms with Crippen LogP contribution in [-0.4, -0.2) is 40.3 Å². The van der Waals surface area contributed by atoms with Crippen LogP contribution >= 0.6 is 12.4 Å². The van der Waals surface area contributed by atoms with Gasteiger partial charge in [0.25, 0.3) is 5.56 Å². The SMILES string of the molecule is CCc1c(-c2ccc(N3C[C@@H]4[C@@H](N)[C@@H]4C3)cc2)[nH]c(=O)c(C(=O)O)c1O.Cl. The number of hydrogen-bond donors (Lipinski definition) is 4. The first kappa shape index (κ1) is 19.3. The normalized spacial score (nSPS) is 22.9. The summed E-state index contributed by atoms with van der Waals surface area (Å²) in [6, 6.07) is 8.06. The standard InChI is InChI=1S/C19H21N3O4.ClH/c1-2-11-16(21-18(24)14(17(11)23)19(25)26)9-3-5-10(6-4-9)22-7-12-13(8-22)15(12)20;/h3-6,12-13,15H,2,7-8,20H2,1H3,(H,25,26)(H2,21,23,24);1H/t12-,13+,15+;. The van der Waals surface area contributed by atoms with E-state index in [1.54, 1.807) is 6.92 Å². The number of benzene rings is 1. The van der Waals surface area contributed by atoms with Gasteiger partial charge in [-0.05, 0) is 36.0 Å². The first-order valence-corrected chi connectivity index (χ1v) is 8.74. The van der Waals surface area contributed by atoms with Crippen molar-refractivity contribution in [2.24, 2.45) is 17.6 Å². The van der Waals surface area contributed by atoms with Crippen LogP contribution in [0.1, 0.15) is 22.8 Å². The number of nitrogens with two attached hydrogens (primary N) is 1.